The lowest BCUT2D eigenvalue weighted by Crippen LogP contribution is -2.65. The van der Waals surface area contributed by atoms with Crippen LogP contribution in [0, 0.1) is 34.9 Å². The van der Waals surface area contributed by atoms with E-state index in [4.69, 9.17) is 0 Å². The zero-order valence-corrected chi connectivity index (χ0v) is 25.6. The summed E-state index contributed by atoms with van der Waals surface area (Å²) in [6.07, 6.45) is -3.13. The number of halogens is 6. The monoisotopic (exact) mass is 656 g/mol. The molecule has 0 radical (unpaired) electrons. The van der Waals surface area contributed by atoms with Gasteiger partial charge < -0.3 is 15.7 Å². The maximum Gasteiger partial charge on any atom is 0.456 e. The Balaban J connectivity index is 1.27. The predicted molar refractivity (Wildman–Crippen MR) is 163 cm³/mol. The van der Waals surface area contributed by atoms with Crippen LogP contribution in [0.5, 0.6) is 0 Å². The average molecular weight is 657 g/mol. The van der Waals surface area contributed by atoms with E-state index in [1.165, 1.54) is 31.2 Å². The van der Waals surface area contributed by atoms with Crippen molar-refractivity contribution in [3.63, 3.8) is 0 Å². The van der Waals surface area contributed by atoms with E-state index < -0.39 is 53.2 Å². The van der Waals surface area contributed by atoms with Gasteiger partial charge in [-0.25, -0.2) is 9.18 Å². The third-order valence-electron chi connectivity index (χ3n) is 10.7. The number of aliphatic hydroxyl groups is 1. The summed E-state index contributed by atoms with van der Waals surface area (Å²) in [5.74, 6) is -1.34. The zero-order chi connectivity index (χ0) is 33.8. The van der Waals surface area contributed by atoms with Crippen LogP contribution in [0.4, 0.5) is 36.8 Å². The fourth-order valence-electron chi connectivity index (χ4n) is 8.49. The lowest BCUT2D eigenvalue weighted by atomic mass is 9.50. The number of ketones is 1. The van der Waals surface area contributed by atoms with Crippen LogP contribution in [-0.2, 0) is 4.79 Å². The fourth-order valence-corrected chi connectivity index (χ4v) is 8.49. The molecule has 4 aliphatic rings. The van der Waals surface area contributed by atoms with Gasteiger partial charge in [0.15, 0.2) is 5.78 Å². The summed E-state index contributed by atoms with van der Waals surface area (Å²) in [7, 11) is 0. The van der Waals surface area contributed by atoms with Crippen LogP contribution in [0.3, 0.4) is 0 Å². The minimum Gasteiger partial charge on any atom is -0.383 e. The van der Waals surface area contributed by atoms with Crippen LogP contribution in [0.25, 0.3) is 0 Å². The van der Waals surface area contributed by atoms with Crippen LogP contribution in [0.15, 0.2) is 71.3 Å². The Hall–Kier alpha value is -4.04. The highest BCUT2D eigenvalue weighted by atomic mass is 19.4. The molecule has 2 aromatic rings. The summed E-state index contributed by atoms with van der Waals surface area (Å²) < 4.78 is 84.8. The number of benzene rings is 2. The lowest BCUT2D eigenvalue weighted by molar-refractivity contribution is -0.362. The molecule has 0 spiro atoms. The first kappa shape index (κ1) is 32.9. The quantitative estimate of drug-likeness (QED) is 0.232. The molecular weight excluding hydrogens is 622 g/mol. The van der Waals surface area contributed by atoms with Crippen molar-refractivity contribution in [2.24, 2.45) is 17.3 Å². The number of nitrogens with one attached hydrogen (secondary N) is 2. The lowest BCUT2D eigenvalue weighted by Gasteiger charge is -2.56. The minimum atomic E-state index is -5.91. The van der Waals surface area contributed by atoms with Crippen molar-refractivity contribution in [2.45, 2.75) is 75.5 Å². The summed E-state index contributed by atoms with van der Waals surface area (Å²) in [4.78, 5) is 24.3. The number of hydrogen-bond donors (Lipinski definition) is 3. The Bertz CT molecular complexity index is 1700. The van der Waals surface area contributed by atoms with Crippen LogP contribution >= 0.6 is 0 Å². The van der Waals surface area contributed by atoms with Crippen molar-refractivity contribution in [3.05, 3.63) is 88.3 Å². The zero-order valence-electron chi connectivity index (χ0n) is 25.6. The number of fused-ring (bicyclic) bond motifs is 4. The normalized spacial score (nSPS) is 28.7. The summed E-state index contributed by atoms with van der Waals surface area (Å²) in [5.41, 5.74) is -0.375. The number of urea groups is 1. The van der Waals surface area contributed by atoms with Gasteiger partial charge in [-0.2, -0.15) is 22.0 Å². The fraction of sp³-hybridized carbons (Fsp3) is 0.444. The molecule has 0 aliphatic heterocycles. The highest BCUT2D eigenvalue weighted by Crippen LogP contribution is 2.70. The van der Waals surface area contributed by atoms with E-state index in [1.54, 1.807) is 30.3 Å². The molecule has 2 aromatic carbocycles. The van der Waals surface area contributed by atoms with Gasteiger partial charge in [0.2, 0.25) is 0 Å². The molecule has 248 valence electrons. The third-order valence-corrected chi connectivity index (χ3v) is 10.7. The second-order valence-corrected chi connectivity index (χ2v) is 13.2. The number of hydrogen-bond acceptors (Lipinski definition) is 3. The number of carbonyl (C=O) groups excluding carboxylic acids is 2. The molecule has 5 nitrogen and oxygen atoms in total. The molecule has 2 saturated carbocycles. The van der Waals surface area contributed by atoms with E-state index in [-0.39, 0.29) is 31.1 Å². The molecule has 47 heavy (non-hydrogen) atoms. The van der Waals surface area contributed by atoms with Crippen molar-refractivity contribution in [3.8, 4) is 11.8 Å². The predicted octanol–water partition coefficient (Wildman–Crippen LogP) is 7.83. The van der Waals surface area contributed by atoms with Crippen molar-refractivity contribution in [2.75, 3.05) is 11.9 Å². The number of carbonyl (C=O) groups is 2. The summed E-state index contributed by atoms with van der Waals surface area (Å²) in [6, 6.07) is 11.8. The van der Waals surface area contributed by atoms with Crippen LogP contribution in [0.2, 0.25) is 0 Å². The maximum atomic E-state index is 15.2. The summed E-state index contributed by atoms with van der Waals surface area (Å²) >= 11 is 0. The molecule has 5 atom stereocenters. The third kappa shape index (κ3) is 5.64. The van der Waals surface area contributed by atoms with E-state index in [0.29, 0.717) is 42.5 Å². The maximum absolute atomic E-state index is 15.2. The Morgan fingerprint density at radius 3 is 2.38 bits per heavy atom. The standard InChI is InChI=1S/C36H34F6N2O3/c1-33-20-29(22-6-4-21(5-7-22)3-2-18-43-32(46)44-25-11-9-24(37)10-12-25)31-27-15-13-26(45)19-23(27)8-14-28(31)30(33)16-17-34(33,47)35(38,39)36(40,41)42/h4-7,9-12,19,28-30,47H,8,13-18,20H2,1H3,(H2,43,44,46)/t28?,29-,30?,33+,34+/m1/s1. The topological polar surface area (TPSA) is 78.4 Å². The minimum absolute atomic E-state index is 0.00883. The van der Waals surface area contributed by atoms with E-state index in [9.17, 15) is 32.3 Å². The number of rotatable bonds is 4. The van der Waals surface area contributed by atoms with Gasteiger partial charge in [-0.1, -0.05) is 36.5 Å². The van der Waals surface area contributed by atoms with E-state index in [0.717, 1.165) is 16.7 Å². The molecule has 11 heteroatoms. The molecule has 4 aliphatic carbocycles. The largest absolute Gasteiger partial charge is 0.456 e. The van der Waals surface area contributed by atoms with E-state index in [2.05, 4.69) is 22.5 Å². The van der Waals surface area contributed by atoms with Gasteiger partial charge in [0.05, 0.1) is 6.54 Å². The number of anilines is 1. The second kappa shape index (κ2) is 11.9. The first-order valence-electron chi connectivity index (χ1n) is 15.7. The van der Waals surface area contributed by atoms with Crippen molar-refractivity contribution in [1.29, 1.82) is 0 Å². The summed E-state index contributed by atoms with van der Waals surface area (Å²) in [5, 5.41) is 16.6. The van der Waals surface area contributed by atoms with Crippen molar-refractivity contribution >= 4 is 17.5 Å². The Morgan fingerprint density at radius 1 is 1.00 bits per heavy atom. The second-order valence-electron chi connectivity index (χ2n) is 13.2. The molecule has 2 fully saturated rings. The van der Waals surface area contributed by atoms with Crippen molar-refractivity contribution in [1.82, 2.24) is 5.32 Å². The first-order chi connectivity index (χ1) is 22.1. The SMILES string of the molecule is C[C@]12C[C@H](c3ccc(C#CCNC(=O)Nc4ccc(F)cc4)cc3)C3=C4CCC(=O)C=C4CCC3C1CC[C@@]2(O)C(F)(F)C(F)(F)F. The van der Waals surface area contributed by atoms with Gasteiger partial charge in [-0.15, -0.1) is 0 Å². The van der Waals surface area contributed by atoms with E-state index >= 15 is 8.78 Å². The molecule has 0 aromatic heterocycles. The molecule has 6 rings (SSSR count). The van der Waals surface area contributed by atoms with Crippen LogP contribution in [-0.4, -0.2) is 41.2 Å². The van der Waals surface area contributed by atoms with Gasteiger partial charge >= 0.3 is 18.1 Å². The molecule has 0 bridgehead atoms. The van der Waals surface area contributed by atoms with Gasteiger partial charge in [0.1, 0.15) is 11.4 Å². The van der Waals surface area contributed by atoms with Gasteiger partial charge in [0.25, 0.3) is 0 Å². The van der Waals surface area contributed by atoms with Gasteiger partial charge in [-0.05, 0) is 110 Å². The Morgan fingerprint density at radius 2 is 1.70 bits per heavy atom. The Labute approximate surface area is 268 Å². The molecule has 0 heterocycles. The Kier molecular flexibility index (Phi) is 8.32. The molecule has 2 unspecified atom stereocenters. The van der Waals surface area contributed by atoms with Crippen LogP contribution in [0.1, 0.15) is 68.9 Å². The molecule has 0 saturated heterocycles. The molecule has 3 N–H and O–H groups in total. The highest BCUT2D eigenvalue weighted by molar-refractivity contribution is 5.93. The van der Waals surface area contributed by atoms with Crippen molar-refractivity contribution < 1.29 is 41.0 Å². The summed E-state index contributed by atoms with van der Waals surface area (Å²) in [6.45, 7) is 1.41. The molecular formula is C36H34F6N2O3. The van der Waals surface area contributed by atoms with Crippen LogP contribution < -0.4 is 10.6 Å². The number of amides is 2. The van der Waals surface area contributed by atoms with E-state index in [1.807, 2.05) is 0 Å². The molecule has 2 amide bonds. The highest BCUT2D eigenvalue weighted by Gasteiger charge is 2.79. The number of alkyl halides is 5. The first-order valence-corrected chi connectivity index (χ1v) is 15.7. The smallest absolute Gasteiger partial charge is 0.383 e. The average Bonchev–Trinajstić information content (AvgIpc) is 3.31. The van der Waals surface area contributed by atoms with Gasteiger partial charge in [-0.3, -0.25) is 4.79 Å². The van der Waals surface area contributed by atoms with Gasteiger partial charge in [0, 0.05) is 29.0 Å². The number of allylic oxidation sites excluding steroid dienone is 4.